The van der Waals surface area contributed by atoms with E-state index in [4.69, 9.17) is 0 Å². The normalized spacial score (nSPS) is 11.4. The molecule has 0 fully saturated rings. The maximum absolute atomic E-state index is 11.9. The SMILES string of the molecule is CCc1cccc(C)c1NC(=O)CSC(C)(C)C. The summed E-state index contributed by atoms with van der Waals surface area (Å²) >= 11 is 1.67. The third kappa shape index (κ3) is 4.73. The van der Waals surface area contributed by atoms with Crippen LogP contribution in [0, 0.1) is 6.92 Å². The standard InChI is InChI=1S/C15H23NOS/c1-6-12-9-7-8-11(2)14(12)16-13(17)10-18-15(3,4)5/h7-9H,6,10H2,1-5H3,(H,16,17). The maximum Gasteiger partial charge on any atom is 0.234 e. The Hall–Kier alpha value is -0.960. The molecule has 18 heavy (non-hydrogen) atoms. The van der Waals surface area contributed by atoms with Crippen LogP contribution in [0.2, 0.25) is 0 Å². The molecular weight excluding hydrogens is 242 g/mol. The fourth-order valence-corrected chi connectivity index (χ4v) is 2.30. The average molecular weight is 265 g/mol. The highest BCUT2D eigenvalue weighted by molar-refractivity contribution is 8.01. The number of amides is 1. The number of nitrogens with one attached hydrogen (secondary N) is 1. The zero-order valence-electron chi connectivity index (χ0n) is 12.0. The molecular formula is C15H23NOS. The largest absolute Gasteiger partial charge is 0.325 e. The van der Waals surface area contributed by atoms with E-state index in [0.29, 0.717) is 5.75 Å². The van der Waals surface area contributed by atoms with Gasteiger partial charge in [0.2, 0.25) is 5.91 Å². The number of anilines is 1. The Morgan fingerprint density at radius 2 is 2.00 bits per heavy atom. The predicted octanol–water partition coefficient (Wildman–Crippen LogP) is 4.03. The van der Waals surface area contributed by atoms with Crippen molar-refractivity contribution in [2.75, 3.05) is 11.1 Å². The monoisotopic (exact) mass is 265 g/mol. The van der Waals surface area contributed by atoms with Gasteiger partial charge in [-0.1, -0.05) is 45.9 Å². The first-order valence-corrected chi connectivity index (χ1v) is 7.34. The zero-order chi connectivity index (χ0) is 13.8. The van der Waals surface area contributed by atoms with Gasteiger partial charge in [-0.2, -0.15) is 0 Å². The van der Waals surface area contributed by atoms with E-state index in [1.807, 2.05) is 19.1 Å². The molecule has 0 aliphatic heterocycles. The van der Waals surface area contributed by atoms with Gasteiger partial charge in [0.1, 0.15) is 0 Å². The summed E-state index contributed by atoms with van der Waals surface area (Å²) < 4.78 is 0.122. The minimum atomic E-state index is 0.0823. The fourth-order valence-electron chi connectivity index (χ4n) is 1.66. The molecule has 2 nitrogen and oxygen atoms in total. The first-order valence-electron chi connectivity index (χ1n) is 6.36. The second kappa shape index (κ2) is 6.28. The van der Waals surface area contributed by atoms with Crippen molar-refractivity contribution in [2.45, 2.75) is 45.8 Å². The number of carbonyl (C=O) groups is 1. The van der Waals surface area contributed by atoms with E-state index >= 15 is 0 Å². The summed E-state index contributed by atoms with van der Waals surface area (Å²) in [6.45, 7) is 10.5. The summed E-state index contributed by atoms with van der Waals surface area (Å²) in [6, 6.07) is 6.14. The van der Waals surface area contributed by atoms with Gasteiger partial charge in [0.25, 0.3) is 0 Å². The van der Waals surface area contributed by atoms with Gasteiger partial charge in [0, 0.05) is 10.4 Å². The van der Waals surface area contributed by atoms with E-state index in [-0.39, 0.29) is 10.7 Å². The van der Waals surface area contributed by atoms with Crippen molar-refractivity contribution >= 4 is 23.4 Å². The van der Waals surface area contributed by atoms with Crippen LogP contribution in [0.1, 0.15) is 38.8 Å². The van der Waals surface area contributed by atoms with Crippen molar-refractivity contribution in [2.24, 2.45) is 0 Å². The molecule has 0 heterocycles. The Bertz CT molecular complexity index is 421. The molecule has 100 valence electrons. The lowest BCUT2D eigenvalue weighted by Gasteiger charge is -2.18. The minimum absolute atomic E-state index is 0.0823. The Morgan fingerprint density at radius 1 is 1.33 bits per heavy atom. The molecule has 0 saturated carbocycles. The molecule has 1 rings (SSSR count). The molecule has 0 spiro atoms. The third-order valence-corrected chi connectivity index (χ3v) is 3.91. The Labute approximate surface area is 115 Å². The van der Waals surface area contributed by atoms with Gasteiger partial charge in [-0.15, -0.1) is 11.8 Å². The van der Waals surface area contributed by atoms with Crippen LogP contribution in [-0.4, -0.2) is 16.4 Å². The van der Waals surface area contributed by atoms with Gasteiger partial charge in [-0.3, -0.25) is 4.79 Å². The smallest absolute Gasteiger partial charge is 0.234 e. The average Bonchev–Trinajstić information content (AvgIpc) is 2.28. The number of thioether (sulfide) groups is 1. The van der Waals surface area contributed by atoms with Crippen LogP contribution in [0.15, 0.2) is 18.2 Å². The molecule has 1 aromatic rings. The number of benzene rings is 1. The van der Waals surface area contributed by atoms with Crippen LogP contribution in [0.4, 0.5) is 5.69 Å². The highest BCUT2D eigenvalue weighted by Gasteiger charge is 2.14. The molecule has 1 aromatic carbocycles. The predicted molar refractivity (Wildman–Crippen MR) is 81.4 cm³/mol. The van der Waals surface area contributed by atoms with Crippen molar-refractivity contribution in [1.29, 1.82) is 0 Å². The molecule has 0 unspecified atom stereocenters. The molecule has 1 amide bonds. The molecule has 0 bridgehead atoms. The zero-order valence-corrected chi connectivity index (χ0v) is 12.8. The number of rotatable bonds is 4. The number of carbonyl (C=O) groups excluding carboxylic acids is 1. The topological polar surface area (TPSA) is 29.1 Å². The van der Waals surface area contributed by atoms with Crippen LogP contribution in [0.3, 0.4) is 0 Å². The molecule has 0 atom stereocenters. The molecule has 3 heteroatoms. The molecule has 0 saturated heterocycles. The highest BCUT2D eigenvalue weighted by atomic mass is 32.2. The summed E-state index contributed by atoms with van der Waals surface area (Å²) in [4.78, 5) is 11.9. The van der Waals surface area contributed by atoms with Crippen LogP contribution in [0.5, 0.6) is 0 Å². The number of aryl methyl sites for hydroxylation is 2. The number of hydrogen-bond acceptors (Lipinski definition) is 2. The summed E-state index contributed by atoms with van der Waals surface area (Å²) in [6.07, 6.45) is 0.934. The summed E-state index contributed by atoms with van der Waals surface area (Å²) in [5.41, 5.74) is 3.31. The number of hydrogen-bond donors (Lipinski definition) is 1. The van der Waals surface area contributed by atoms with Gasteiger partial charge in [0.05, 0.1) is 5.75 Å². The van der Waals surface area contributed by atoms with Gasteiger partial charge in [0.15, 0.2) is 0 Å². The van der Waals surface area contributed by atoms with E-state index in [1.54, 1.807) is 11.8 Å². The van der Waals surface area contributed by atoms with E-state index < -0.39 is 0 Å². The molecule has 0 aliphatic rings. The fraction of sp³-hybridized carbons (Fsp3) is 0.533. The van der Waals surface area contributed by atoms with Crippen LogP contribution in [-0.2, 0) is 11.2 Å². The van der Waals surface area contributed by atoms with E-state index in [9.17, 15) is 4.79 Å². The van der Waals surface area contributed by atoms with Gasteiger partial charge >= 0.3 is 0 Å². The first-order chi connectivity index (χ1) is 8.33. The van der Waals surface area contributed by atoms with E-state index in [0.717, 1.165) is 17.7 Å². The van der Waals surface area contributed by atoms with Crippen molar-refractivity contribution in [3.63, 3.8) is 0 Å². The van der Waals surface area contributed by atoms with E-state index in [2.05, 4.69) is 39.1 Å². The van der Waals surface area contributed by atoms with Crippen molar-refractivity contribution in [3.05, 3.63) is 29.3 Å². The van der Waals surface area contributed by atoms with Gasteiger partial charge < -0.3 is 5.32 Å². The second-order valence-corrected chi connectivity index (χ2v) is 7.21. The first kappa shape index (κ1) is 15.1. The summed E-state index contributed by atoms with van der Waals surface area (Å²) in [7, 11) is 0. The van der Waals surface area contributed by atoms with Crippen molar-refractivity contribution < 1.29 is 4.79 Å². The van der Waals surface area contributed by atoms with Crippen molar-refractivity contribution in [1.82, 2.24) is 0 Å². The summed E-state index contributed by atoms with van der Waals surface area (Å²) in [5, 5.41) is 3.04. The number of para-hydroxylation sites is 1. The Kier molecular flexibility index (Phi) is 5.27. The second-order valence-electron chi connectivity index (χ2n) is 5.41. The van der Waals surface area contributed by atoms with Crippen LogP contribution < -0.4 is 5.32 Å². The molecule has 0 radical (unpaired) electrons. The lowest BCUT2D eigenvalue weighted by Crippen LogP contribution is -2.20. The minimum Gasteiger partial charge on any atom is -0.325 e. The van der Waals surface area contributed by atoms with Crippen molar-refractivity contribution in [3.8, 4) is 0 Å². The van der Waals surface area contributed by atoms with Gasteiger partial charge in [-0.25, -0.2) is 0 Å². The van der Waals surface area contributed by atoms with E-state index in [1.165, 1.54) is 5.56 Å². The van der Waals surface area contributed by atoms with Gasteiger partial charge in [-0.05, 0) is 24.5 Å². The third-order valence-electron chi connectivity index (χ3n) is 2.64. The molecule has 1 N–H and O–H groups in total. The lowest BCUT2D eigenvalue weighted by atomic mass is 10.1. The highest BCUT2D eigenvalue weighted by Crippen LogP contribution is 2.25. The van der Waals surface area contributed by atoms with Crippen LogP contribution in [0.25, 0.3) is 0 Å². The lowest BCUT2D eigenvalue weighted by molar-refractivity contribution is -0.113. The summed E-state index contributed by atoms with van der Waals surface area (Å²) in [5.74, 6) is 0.583. The molecule has 0 aliphatic carbocycles. The van der Waals surface area contributed by atoms with Crippen LogP contribution >= 0.6 is 11.8 Å². The maximum atomic E-state index is 11.9. The quantitative estimate of drug-likeness (QED) is 0.890. The molecule has 0 aromatic heterocycles. The Balaban J connectivity index is 2.70. The Morgan fingerprint density at radius 3 is 2.56 bits per heavy atom.